The van der Waals surface area contributed by atoms with E-state index in [1.54, 1.807) is 18.2 Å². The molecule has 0 aliphatic rings. The maximum atomic E-state index is 12.0. The van der Waals surface area contributed by atoms with Gasteiger partial charge in [0.05, 0.1) is 0 Å². The van der Waals surface area contributed by atoms with Gasteiger partial charge in [0.25, 0.3) is 0 Å². The largest absolute Gasteiger partial charge is 0.480 e. The highest BCUT2D eigenvalue weighted by molar-refractivity contribution is 7.80. The molecule has 1 amide bonds. The minimum Gasteiger partial charge on any atom is -0.480 e. The first kappa shape index (κ1) is 11.9. The van der Waals surface area contributed by atoms with Gasteiger partial charge in [0.2, 0.25) is 5.91 Å². The van der Waals surface area contributed by atoms with Crippen LogP contribution in [0.4, 0.5) is 5.82 Å². The van der Waals surface area contributed by atoms with Crippen molar-refractivity contribution in [1.29, 1.82) is 0 Å². The summed E-state index contributed by atoms with van der Waals surface area (Å²) in [5, 5.41) is 9.01. The van der Waals surface area contributed by atoms with E-state index in [1.807, 2.05) is 0 Å². The Morgan fingerprint density at radius 1 is 1.65 bits per heavy atom. The molecule has 1 unspecified atom stereocenters. The third kappa shape index (κ3) is 3.45. The average molecular weight is 255 g/mol. The number of amides is 1. The highest BCUT2D eigenvalue weighted by Crippen LogP contribution is 2.15. The van der Waals surface area contributed by atoms with Crippen molar-refractivity contribution in [3.63, 3.8) is 0 Å². The van der Waals surface area contributed by atoms with Crippen LogP contribution in [-0.4, -0.2) is 33.7 Å². The van der Waals surface area contributed by atoms with E-state index in [0.717, 1.165) is 4.90 Å². The molecule has 1 N–H and O–H groups in total. The zero-order valence-electron chi connectivity index (χ0n) is 10.3. The molecule has 0 fully saturated rings. The molecule has 0 radical (unpaired) electrons. The highest BCUT2D eigenvalue weighted by atomic mass is 32.1. The number of carbonyl (C=O) groups is 2. The fraction of sp³-hybridized carbons (Fsp3) is 0.364. The van der Waals surface area contributed by atoms with Gasteiger partial charge in [-0.05, 0) is 24.8 Å². The zero-order chi connectivity index (χ0) is 13.7. The Morgan fingerprint density at radius 2 is 2.35 bits per heavy atom. The Balaban J connectivity index is 3.03. The molecule has 5 nitrogen and oxygen atoms in total. The molecule has 1 aromatic heterocycles. The topological polar surface area (TPSA) is 70.5 Å². The van der Waals surface area contributed by atoms with Gasteiger partial charge in [-0.25, -0.2) is 9.78 Å². The van der Waals surface area contributed by atoms with Gasteiger partial charge >= 0.3 is 5.97 Å². The van der Waals surface area contributed by atoms with Crippen molar-refractivity contribution in [3.05, 3.63) is 24.4 Å². The lowest BCUT2D eigenvalue weighted by Crippen LogP contribution is -2.44. The number of aliphatic carboxylic acids is 1. The lowest BCUT2D eigenvalue weighted by atomic mass is 10.2. The van der Waals surface area contributed by atoms with Crippen LogP contribution in [0.1, 0.15) is 14.7 Å². The number of rotatable bonds is 5. The molecule has 0 aromatic carbocycles. The van der Waals surface area contributed by atoms with E-state index < -0.39 is 23.6 Å². The van der Waals surface area contributed by atoms with Crippen LogP contribution in [0.2, 0.25) is 0 Å². The van der Waals surface area contributed by atoms with Gasteiger partial charge in [-0.1, -0.05) is 6.07 Å². The van der Waals surface area contributed by atoms with Crippen molar-refractivity contribution in [2.75, 3.05) is 10.6 Å². The summed E-state index contributed by atoms with van der Waals surface area (Å²) in [4.78, 5) is 28.0. The normalized spacial score (nSPS) is 14.6. The van der Waals surface area contributed by atoms with Crippen molar-refractivity contribution in [1.82, 2.24) is 4.98 Å². The van der Waals surface area contributed by atoms with Crippen LogP contribution in [0.15, 0.2) is 24.4 Å². The van der Waals surface area contributed by atoms with Crippen molar-refractivity contribution in [3.8, 4) is 0 Å². The lowest BCUT2D eigenvalue weighted by Gasteiger charge is -2.25. The van der Waals surface area contributed by atoms with E-state index >= 15 is 0 Å². The third-order valence-electron chi connectivity index (χ3n) is 2.18. The molecule has 2 atom stereocenters. The maximum absolute atomic E-state index is 12.0. The SMILES string of the molecule is [2H]C(S)CC(=O)N(c1ccccn1)[C@@H](C)C(=O)O. The van der Waals surface area contributed by atoms with Crippen LogP contribution in [0.5, 0.6) is 0 Å². The second-order valence-corrected chi connectivity index (χ2v) is 3.72. The summed E-state index contributed by atoms with van der Waals surface area (Å²) in [5.41, 5.74) is -0.885. The number of carboxylic acids is 1. The first-order chi connectivity index (χ1) is 8.43. The van der Waals surface area contributed by atoms with Gasteiger partial charge in [0.15, 0.2) is 0 Å². The molecule has 0 aliphatic carbocycles. The molecular weight excluding hydrogens is 240 g/mol. The lowest BCUT2D eigenvalue weighted by molar-refractivity contribution is -0.139. The summed E-state index contributed by atoms with van der Waals surface area (Å²) in [7, 11) is 0. The predicted molar refractivity (Wildman–Crippen MR) is 67.3 cm³/mol. The minimum atomic E-state index is -1.13. The number of nitrogens with zero attached hydrogens (tertiary/aromatic N) is 2. The van der Waals surface area contributed by atoms with E-state index in [0.29, 0.717) is 0 Å². The van der Waals surface area contributed by atoms with Crippen molar-refractivity contribution >= 4 is 30.3 Å². The van der Waals surface area contributed by atoms with Crippen LogP contribution in [0, 0.1) is 0 Å². The molecule has 0 saturated heterocycles. The molecule has 0 bridgehead atoms. The summed E-state index contributed by atoms with van der Waals surface area (Å²) >= 11 is 3.82. The minimum absolute atomic E-state index is 0.169. The number of hydrogen-bond donors (Lipinski definition) is 2. The quantitative estimate of drug-likeness (QED) is 0.776. The Kier molecular flexibility index (Phi) is 4.37. The molecule has 1 rings (SSSR count). The summed E-state index contributed by atoms with van der Waals surface area (Å²) < 4.78 is 7.26. The number of hydrogen-bond acceptors (Lipinski definition) is 4. The maximum Gasteiger partial charge on any atom is 0.326 e. The fourth-order valence-corrected chi connectivity index (χ4v) is 1.48. The Labute approximate surface area is 106 Å². The average Bonchev–Trinajstić information content (AvgIpc) is 2.29. The number of carbonyl (C=O) groups excluding carboxylic acids is 1. The number of thiol groups is 1. The van der Waals surface area contributed by atoms with Crippen molar-refractivity contribution in [2.24, 2.45) is 0 Å². The van der Waals surface area contributed by atoms with Crippen molar-refractivity contribution in [2.45, 2.75) is 19.4 Å². The van der Waals surface area contributed by atoms with E-state index in [9.17, 15) is 9.59 Å². The summed E-state index contributed by atoms with van der Waals surface area (Å²) in [5.74, 6) is -1.36. The Morgan fingerprint density at radius 3 is 2.82 bits per heavy atom. The molecular formula is C11H14N2O3S. The van der Waals surface area contributed by atoms with Gasteiger partial charge in [0, 0.05) is 14.0 Å². The number of pyridine rings is 1. The number of carboxylic acid groups (broad SMARTS) is 1. The molecule has 0 aliphatic heterocycles. The fourth-order valence-electron chi connectivity index (χ4n) is 1.33. The van der Waals surface area contributed by atoms with Crippen molar-refractivity contribution < 1.29 is 16.1 Å². The molecule has 0 saturated carbocycles. The van der Waals surface area contributed by atoms with E-state index in [1.165, 1.54) is 13.1 Å². The second kappa shape index (κ2) is 6.24. The standard InChI is InChI=1S/C11H14N2O3S/c1-8(11(15)16)13(10(14)5-7-17)9-4-2-3-6-12-9/h2-4,6,8,17H,5,7H2,1H3,(H,15,16)/t8-/m0/s1/i7D/t7?,8-. The molecule has 1 heterocycles. The van der Waals surface area contributed by atoms with Crippen LogP contribution < -0.4 is 4.90 Å². The van der Waals surface area contributed by atoms with E-state index in [4.69, 9.17) is 6.48 Å². The van der Waals surface area contributed by atoms with Crippen LogP contribution in [0.3, 0.4) is 0 Å². The van der Waals surface area contributed by atoms with Gasteiger partial charge in [-0.15, -0.1) is 0 Å². The van der Waals surface area contributed by atoms with Gasteiger partial charge in [-0.2, -0.15) is 12.6 Å². The van der Waals surface area contributed by atoms with Gasteiger partial charge in [0.1, 0.15) is 11.9 Å². The smallest absolute Gasteiger partial charge is 0.326 e. The predicted octanol–water partition coefficient (Wildman–Crippen LogP) is 1.21. The Hall–Kier alpha value is -1.56. The summed E-state index contributed by atoms with van der Waals surface area (Å²) in [6.45, 7) is 1.40. The van der Waals surface area contributed by atoms with E-state index in [2.05, 4.69) is 17.6 Å². The summed E-state index contributed by atoms with van der Waals surface area (Å²) in [6, 6.07) is 3.84. The van der Waals surface area contributed by atoms with E-state index in [-0.39, 0.29) is 12.2 Å². The monoisotopic (exact) mass is 255 g/mol. The Bertz CT molecular complexity index is 428. The zero-order valence-corrected chi connectivity index (χ0v) is 10.2. The first-order valence-corrected chi connectivity index (χ1v) is 5.51. The molecule has 17 heavy (non-hydrogen) atoms. The molecule has 1 aromatic rings. The van der Waals surface area contributed by atoms with Gasteiger partial charge in [-0.3, -0.25) is 9.69 Å². The summed E-state index contributed by atoms with van der Waals surface area (Å²) in [6.07, 6.45) is 1.31. The number of aromatic nitrogens is 1. The molecule has 92 valence electrons. The van der Waals surface area contributed by atoms with Crippen LogP contribution >= 0.6 is 12.6 Å². The van der Waals surface area contributed by atoms with Crippen LogP contribution in [-0.2, 0) is 9.59 Å². The molecule has 0 spiro atoms. The third-order valence-corrected chi connectivity index (χ3v) is 2.36. The second-order valence-electron chi connectivity index (χ2n) is 3.35. The first-order valence-electron chi connectivity index (χ1n) is 5.57. The van der Waals surface area contributed by atoms with Crippen LogP contribution in [0.25, 0.3) is 0 Å². The highest BCUT2D eigenvalue weighted by Gasteiger charge is 2.27. The molecule has 6 heteroatoms. The number of anilines is 1. The van der Waals surface area contributed by atoms with Gasteiger partial charge < -0.3 is 5.11 Å².